The second kappa shape index (κ2) is 4.14. The van der Waals surface area contributed by atoms with Gasteiger partial charge in [0.15, 0.2) is 0 Å². The molecule has 0 saturated carbocycles. The van der Waals surface area contributed by atoms with Crippen molar-refractivity contribution in [2.45, 2.75) is 19.3 Å². The van der Waals surface area contributed by atoms with Gasteiger partial charge in [-0.05, 0) is 29.6 Å². The quantitative estimate of drug-likeness (QED) is 0.685. The molecule has 71 valence electrons. The standard InChI is InChI=1S/C13H14N/c1-11(9-12-7-8-14-10-12)13-5-3-2-4-6-13/h2-8,10-11H,9H2,1H3. The van der Waals surface area contributed by atoms with Gasteiger partial charge in [0.1, 0.15) is 0 Å². The van der Waals surface area contributed by atoms with Crippen LogP contribution >= 0.6 is 0 Å². The van der Waals surface area contributed by atoms with Crippen LogP contribution in [-0.4, -0.2) is 0 Å². The lowest BCUT2D eigenvalue weighted by Crippen LogP contribution is -1.93. The van der Waals surface area contributed by atoms with E-state index in [2.05, 4.69) is 48.6 Å². The molecule has 1 atom stereocenters. The van der Waals surface area contributed by atoms with Crippen LogP contribution in [0.5, 0.6) is 0 Å². The Hall–Kier alpha value is -1.50. The topological polar surface area (TPSA) is 14.1 Å². The van der Waals surface area contributed by atoms with Crippen LogP contribution in [0.25, 0.3) is 0 Å². The molecule has 0 bridgehead atoms. The van der Waals surface area contributed by atoms with E-state index in [9.17, 15) is 0 Å². The van der Waals surface area contributed by atoms with Gasteiger partial charge in [-0.15, -0.1) is 0 Å². The zero-order valence-corrected chi connectivity index (χ0v) is 8.35. The first kappa shape index (κ1) is 9.07. The fraction of sp³-hybridized carbons (Fsp3) is 0.231. The van der Waals surface area contributed by atoms with Crippen molar-refractivity contribution >= 4 is 0 Å². The first-order chi connectivity index (χ1) is 6.86. The number of benzene rings is 1. The Morgan fingerprint density at radius 2 is 2.00 bits per heavy atom. The Bertz CT molecular complexity index is 349. The minimum atomic E-state index is 0.570. The number of allylic oxidation sites excluding steroid dienone is 2. The van der Waals surface area contributed by atoms with Crippen molar-refractivity contribution in [1.29, 1.82) is 0 Å². The van der Waals surface area contributed by atoms with Gasteiger partial charge in [0.05, 0.1) is 0 Å². The smallest absolute Gasteiger partial charge is 0.0300 e. The lowest BCUT2D eigenvalue weighted by Gasteiger charge is -2.10. The van der Waals surface area contributed by atoms with Crippen LogP contribution in [0.1, 0.15) is 24.8 Å². The average molecular weight is 184 g/mol. The van der Waals surface area contributed by atoms with Crippen molar-refractivity contribution in [3.05, 3.63) is 59.9 Å². The van der Waals surface area contributed by atoms with Crippen molar-refractivity contribution in [3.63, 3.8) is 0 Å². The highest BCUT2D eigenvalue weighted by atomic mass is 14.8. The Kier molecular flexibility index (Phi) is 2.68. The zero-order chi connectivity index (χ0) is 9.80. The zero-order valence-electron chi connectivity index (χ0n) is 8.35. The average Bonchev–Trinajstić information content (AvgIpc) is 2.72. The van der Waals surface area contributed by atoms with Crippen LogP contribution in [0.15, 0.2) is 54.4 Å². The van der Waals surface area contributed by atoms with Gasteiger partial charge in [0, 0.05) is 12.4 Å². The molecule has 1 unspecified atom stereocenters. The molecule has 0 aromatic heterocycles. The number of hydrogen-bond donors (Lipinski definition) is 0. The molecule has 0 amide bonds. The summed E-state index contributed by atoms with van der Waals surface area (Å²) in [5.41, 5.74) is 2.72. The molecule has 1 aliphatic heterocycles. The minimum absolute atomic E-state index is 0.570. The molecular weight excluding hydrogens is 170 g/mol. The summed E-state index contributed by atoms with van der Waals surface area (Å²) in [6, 6.07) is 10.6. The molecule has 0 saturated heterocycles. The first-order valence-electron chi connectivity index (χ1n) is 4.97. The highest BCUT2D eigenvalue weighted by Crippen LogP contribution is 2.24. The second-order valence-corrected chi connectivity index (χ2v) is 3.68. The lowest BCUT2D eigenvalue weighted by molar-refractivity contribution is 0.762. The van der Waals surface area contributed by atoms with Crippen LogP contribution in [0.4, 0.5) is 0 Å². The first-order valence-corrected chi connectivity index (χ1v) is 4.97. The summed E-state index contributed by atoms with van der Waals surface area (Å²) < 4.78 is 0. The maximum Gasteiger partial charge on any atom is 0.0300 e. The Morgan fingerprint density at radius 3 is 2.64 bits per heavy atom. The summed E-state index contributed by atoms with van der Waals surface area (Å²) in [6.45, 7) is 2.25. The van der Waals surface area contributed by atoms with Gasteiger partial charge < -0.3 is 0 Å². The molecule has 1 nitrogen and oxygen atoms in total. The maximum atomic E-state index is 4.07. The van der Waals surface area contributed by atoms with Gasteiger partial charge >= 0.3 is 0 Å². The molecule has 1 aromatic carbocycles. The number of hydrogen-bond acceptors (Lipinski definition) is 0. The molecule has 1 heteroatoms. The van der Waals surface area contributed by atoms with Gasteiger partial charge in [-0.3, -0.25) is 5.32 Å². The van der Waals surface area contributed by atoms with E-state index in [1.807, 2.05) is 12.4 Å². The molecule has 0 spiro atoms. The fourth-order valence-corrected chi connectivity index (χ4v) is 1.69. The molecule has 2 rings (SSSR count). The normalized spacial score (nSPS) is 16.2. The Balaban J connectivity index is 2.02. The predicted molar refractivity (Wildman–Crippen MR) is 58.8 cm³/mol. The predicted octanol–water partition coefficient (Wildman–Crippen LogP) is 3.20. The lowest BCUT2D eigenvalue weighted by atomic mass is 9.94. The van der Waals surface area contributed by atoms with Crippen molar-refractivity contribution < 1.29 is 0 Å². The van der Waals surface area contributed by atoms with E-state index in [1.54, 1.807) is 0 Å². The Labute approximate surface area is 85.2 Å². The number of nitrogens with zero attached hydrogens (tertiary/aromatic N) is 1. The SMILES string of the molecule is CC(CC1=C[N]C=C1)c1ccccc1. The van der Waals surface area contributed by atoms with E-state index in [-0.39, 0.29) is 0 Å². The van der Waals surface area contributed by atoms with Gasteiger partial charge in [0.2, 0.25) is 0 Å². The minimum Gasteiger partial charge on any atom is -0.264 e. The molecule has 1 heterocycles. The summed E-state index contributed by atoms with van der Waals surface area (Å²) in [4.78, 5) is 0. The Morgan fingerprint density at radius 1 is 1.21 bits per heavy atom. The van der Waals surface area contributed by atoms with Crippen LogP contribution in [0, 0.1) is 0 Å². The largest absolute Gasteiger partial charge is 0.264 e. The van der Waals surface area contributed by atoms with E-state index >= 15 is 0 Å². The fourth-order valence-electron chi connectivity index (χ4n) is 1.69. The second-order valence-electron chi connectivity index (χ2n) is 3.68. The van der Waals surface area contributed by atoms with Crippen LogP contribution in [0.2, 0.25) is 0 Å². The third-order valence-electron chi connectivity index (χ3n) is 2.53. The van der Waals surface area contributed by atoms with Gasteiger partial charge in [-0.2, -0.15) is 0 Å². The summed E-state index contributed by atoms with van der Waals surface area (Å²) in [7, 11) is 0. The number of rotatable bonds is 3. The summed E-state index contributed by atoms with van der Waals surface area (Å²) in [5.74, 6) is 0.570. The van der Waals surface area contributed by atoms with E-state index in [0.717, 1.165) is 6.42 Å². The third kappa shape index (κ3) is 2.05. The van der Waals surface area contributed by atoms with E-state index in [1.165, 1.54) is 11.1 Å². The molecule has 0 fully saturated rings. The molecule has 0 aliphatic carbocycles. The van der Waals surface area contributed by atoms with E-state index < -0.39 is 0 Å². The highest BCUT2D eigenvalue weighted by molar-refractivity contribution is 5.28. The van der Waals surface area contributed by atoms with Gasteiger partial charge in [-0.25, -0.2) is 0 Å². The van der Waals surface area contributed by atoms with Gasteiger partial charge in [0.25, 0.3) is 0 Å². The molecule has 0 N–H and O–H groups in total. The van der Waals surface area contributed by atoms with E-state index in [4.69, 9.17) is 0 Å². The summed E-state index contributed by atoms with van der Waals surface area (Å²) in [5, 5.41) is 4.07. The summed E-state index contributed by atoms with van der Waals surface area (Å²) in [6.07, 6.45) is 6.95. The van der Waals surface area contributed by atoms with Gasteiger partial charge in [-0.1, -0.05) is 37.3 Å². The third-order valence-corrected chi connectivity index (χ3v) is 2.53. The van der Waals surface area contributed by atoms with Crippen molar-refractivity contribution in [2.24, 2.45) is 0 Å². The van der Waals surface area contributed by atoms with Crippen molar-refractivity contribution in [1.82, 2.24) is 5.32 Å². The van der Waals surface area contributed by atoms with Crippen LogP contribution in [-0.2, 0) is 0 Å². The van der Waals surface area contributed by atoms with Crippen molar-refractivity contribution in [2.75, 3.05) is 0 Å². The maximum absolute atomic E-state index is 4.07. The molecule has 14 heavy (non-hydrogen) atoms. The van der Waals surface area contributed by atoms with Crippen LogP contribution < -0.4 is 5.32 Å². The summed E-state index contributed by atoms with van der Waals surface area (Å²) >= 11 is 0. The van der Waals surface area contributed by atoms with E-state index in [0.29, 0.717) is 5.92 Å². The molecule has 1 radical (unpaired) electrons. The highest BCUT2D eigenvalue weighted by Gasteiger charge is 2.08. The molecular formula is C13H14N. The van der Waals surface area contributed by atoms with Crippen molar-refractivity contribution in [3.8, 4) is 0 Å². The van der Waals surface area contributed by atoms with Crippen LogP contribution in [0.3, 0.4) is 0 Å². The monoisotopic (exact) mass is 184 g/mol. The molecule has 1 aromatic rings. The molecule has 1 aliphatic rings.